The second-order valence-corrected chi connectivity index (χ2v) is 5.22. The molecule has 2 aromatic rings. The fourth-order valence-corrected chi connectivity index (χ4v) is 2.22. The Bertz CT molecular complexity index is 608. The highest BCUT2D eigenvalue weighted by atomic mass is 19.1. The molecule has 0 spiro atoms. The second-order valence-electron chi connectivity index (χ2n) is 5.22. The minimum absolute atomic E-state index is 0.180. The van der Waals surface area contributed by atoms with Crippen molar-refractivity contribution in [3.8, 4) is 0 Å². The number of halogens is 2. The molecule has 3 heteroatoms. The zero-order valence-electron chi connectivity index (χ0n) is 11.7. The van der Waals surface area contributed by atoms with Gasteiger partial charge < -0.3 is 5.11 Å². The highest BCUT2D eigenvalue weighted by Gasteiger charge is 2.11. The van der Waals surface area contributed by atoms with Gasteiger partial charge in [-0.1, -0.05) is 24.3 Å². The Kier molecular flexibility index (Phi) is 4.50. The molecule has 0 aromatic heterocycles. The van der Waals surface area contributed by atoms with E-state index in [9.17, 15) is 13.9 Å². The third-order valence-electron chi connectivity index (χ3n) is 3.51. The molecule has 0 amide bonds. The number of aryl methyl sites for hydroxylation is 2. The van der Waals surface area contributed by atoms with E-state index in [1.165, 1.54) is 23.3 Å². The first-order valence-electron chi connectivity index (χ1n) is 6.64. The predicted molar refractivity (Wildman–Crippen MR) is 75.7 cm³/mol. The van der Waals surface area contributed by atoms with Gasteiger partial charge in [0.15, 0.2) is 0 Å². The summed E-state index contributed by atoms with van der Waals surface area (Å²) in [6, 6.07) is 9.44. The van der Waals surface area contributed by atoms with Crippen LogP contribution in [0, 0.1) is 25.5 Å². The number of hydrogen-bond acceptors (Lipinski definition) is 1. The lowest BCUT2D eigenvalue weighted by Crippen LogP contribution is -2.15. The molecule has 1 atom stereocenters. The standard InChI is InChI=1S/C17H18F2O/c1-11-3-4-13(7-12(11)2)8-16(20)9-14-5-6-15(18)10-17(14)19/h3-7,10,16,20H,8-9H2,1-2H3. The van der Waals surface area contributed by atoms with E-state index in [-0.39, 0.29) is 6.42 Å². The first-order chi connectivity index (χ1) is 9.45. The topological polar surface area (TPSA) is 20.2 Å². The molecular formula is C17H18F2O. The van der Waals surface area contributed by atoms with Gasteiger partial charge >= 0.3 is 0 Å². The number of aliphatic hydroxyl groups excluding tert-OH is 1. The van der Waals surface area contributed by atoms with E-state index in [1.807, 2.05) is 32.0 Å². The Hall–Kier alpha value is -1.74. The summed E-state index contributed by atoms with van der Waals surface area (Å²) < 4.78 is 26.3. The van der Waals surface area contributed by atoms with Gasteiger partial charge in [-0.15, -0.1) is 0 Å². The third-order valence-corrected chi connectivity index (χ3v) is 3.51. The molecular weight excluding hydrogens is 258 g/mol. The maximum Gasteiger partial charge on any atom is 0.129 e. The van der Waals surface area contributed by atoms with Gasteiger partial charge in [0.05, 0.1) is 6.10 Å². The summed E-state index contributed by atoms with van der Waals surface area (Å²) >= 11 is 0. The van der Waals surface area contributed by atoms with Gasteiger partial charge in [0.25, 0.3) is 0 Å². The Morgan fingerprint density at radius 3 is 2.35 bits per heavy atom. The average Bonchev–Trinajstić information content (AvgIpc) is 2.37. The lowest BCUT2D eigenvalue weighted by atomic mass is 9.98. The van der Waals surface area contributed by atoms with Crippen LogP contribution >= 0.6 is 0 Å². The molecule has 0 aliphatic carbocycles. The minimum Gasteiger partial charge on any atom is -0.392 e. The number of rotatable bonds is 4. The normalized spacial score (nSPS) is 12.4. The SMILES string of the molecule is Cc1ccc(CC(O)Cc2ccc(F)cc2F)cc1C. The number of benzene rings is 2. The van der Waals surface area contributed by atoms with E-state index in [2.05, 4.69) is 0 Å². The highest BCUT2D eigenvalue weighted by Crippen LogP contribution is 2.16. The summed E-state index contributed by atoms with van der Waals surface area (Å²) in [5, 5.41) is 10.0. The van der Waals surface area contributed by atoms with Gasteiger partial charge in [0, 0.05) is 12.5 Å². The Morgan fingerprint density at radius 1 is 0.950 bits per heavy atom. The van der Waals surface area contributed by atoms with Crippen LogP contribution in [-0.2, 0) is 12.8 Å². The van der Waals surface area contributed by atoms with E-state index in [0.29, 0.717) is 12.0 Å². The Balaban J connectivity index is 2.04. The molecule has 0 heterocycles. The molecule has 2 aromatic carbocycles. The van der Waals surface area contributed by atoms with E-state index >= 15 is 0 Å². The van der Waals surface area contributed by atoms with Gasteiger partial charge in [-0.05, 0) is 48.6 Å². The molecule has 0 radical (unpaired) electrons. The summed E-state index contributed by atoms with van der Waals surface area (Å²) in [5.41, 5.74) is 3.72. The maximum absolute atomic E-state index is 13.5. The summed E-state index contributed by atoms with van der Waals surface area (Å²) in [7, 11) is 0. The van der Waals surface area contributed by atoms with Gasteiger partial charge in [0.1, 0.15) is 11.6 Å². The predicted octanol–water partition coefficient (Wildman–Crippen LogP) is 3.73. The van der Waals surface area contributed by atoms with Crippen molar-refractivity contribution in [1.29, 1.82) is 0 Å². The van der Waals surface area contributed by atoms with Crippen molar-refractivity contribution in [1.82, 2.24) is 0 Å². The van der Waals surface area contributed by atoms with Crippen LogP contribution in [0.15, 0.2) is 36.4 Å². The molecule has 106 valence electrons. The number of aliphatic hydroxyl groups is 1. The Morgan fingerprint density at radius 2 is 1.70 bits per heavy atom. The summed E-state index contributed by atoms with van der Waals surface area (Å²) in [4.78, 5) is 0. The average molecular weight is 276 g/mol. The quantitative estimate of drug-likeness (QED) is 0.902. The third kappa shape index (κ3) is 3.64. The van der Waals surface area contributed by atoms with E-state index in [4.69, 9.17) is 0 Å². The van der Waals surface area contributed by atoms with Gasteiger partial charge in [-0.3, -0.25) is 0 Å². The molecule has 0 saturated heterocycles. The molecule has 1 nitrogen and oxygen atoms in total. The summed E-state index contributed by atoms with van der Waals surface area (Å²) in [6.07, 6.45) is -0.0474. The molecule has 0 saturated carbocycles. The molecule has 0 fully saturated rings. The van der Waals surface area contributed by atoms with Crippen LogP contribution in [-0.4, -0.2) is 11.2 Å². The lowest BCUT2D eigenvalue weighted by Gasteiger charge is -2.12. The molecule has 0 aliphatic heterocycles. The van der Waals surface area contributed by atoms with Crippen LogP contribution < -0.4 is 0 Å². The highest BCUT2D eigenvalue weighted by molar-refractivity contribution is 5.30. The van der Waals surface area contributed by atoms with Crippen molar-refractivity contribution in [2.45, 2.75) is 32.8 Å². The fourth-order valence-electron chi connectivity index (χ4n) is 2.22. The van der Waals surface area contributed by atoms with E-state index in [1.54, 1.807) is 0 Å². The molecule has 2 rings (SSSR count). The van der Waals surface area contributed by atoms with Crippen LogP contribution in [0.3, 0.4) is 0 Å². The van der Waals surface area contributed by atoms with Crippen molar-refractivity contribution >= 4 is 0 Å². The van der Waals surface area contributed by atoms with Crippen LogP contribution in [0.5, 0.6) is 0 Å². The first-order valence-corrected chi connectivity index (χ1v) is 6.64. The molecule has 1 N–H and O–H groups in total. The summed E-state index contributed by atoms with van der Waals surface area (Å²) in [6.45, 7) is 4.05. The minimum atomic E-state index is -0.683. The molecule has 20 heavy (non-hydrogen) atoms. The summed E-state index contributed by atoms with van der Waals surface area (Å²) in [5.74, 6) is -1.21. The van der Waals surface area contributed by atoms with Crippen molar-refractivity contribution < 1.29 is 13.9 Å². The lowest BCUT2D eigenvalue weighted by molar-refractivity contribution is 0.174. The first kappa shape index (κ1) is 14.7. The molecule has 0 bridgehead atoms. The van der Waals surface area contributed by atoms with Crippen LogP contribution in [0.4, 0.5) is 8.78 Å². The van der Waals surface area contributed by atoms with Gasteiger partial charge in [0.2, 0.25) is 0 Å². The second kappa shape index (κ2) is 6.14. The largest absolute Gasteiger partial charge is 0.392 e. The smallest absolute Gasteiger partial charge is 0.129 e. The van der Waals surface area contributed by atoms with Crippen molar-refractivity contribution in [2.24, 2.45) is 0 Å². The number of hydrogen-bond donors (Lipinski definition) is 1. The van der Waals surface area contributed by atoms with Crippen LogP contribution in [0.1, 0.15) is 22.3 Å². The zero-order valence-corrected chi connectivity index (χ0v) is 11.7. The fraction of sp³-hybridized carbons (Fsp3) is 0.294. The van der Waals surface area contributed by atoms with Crippen LogP contribution in [0.25, 0.3) is 0 Å². The van der Waals surface area contributed by atoms with Crippen LogP contribution in [0.2, 0.25) is 0 Å². The van der Waals surface area contributed by atoms with Crippen molar-refractivity contribution in [3.05, 3.63) is 70.3 Å². The Labute approximate surface area is 117 Å². The molecule has 1 unspecified atom stereocenters. The van der Waals surface area contributed by atoms with Crippen molar-refractivity contribution in [3.63, 3.8) is 0 Å². The van der Waals surface area contributed by atoms with E-state index in [0.717, 1.165) is 11.6 Å². The monoisotopic (exact) mass is 276 g/mol. The molecule has 0 aliphatic rings. The van der Waals surface area contributed by atoms with Gasteiger partial charge in [-0.2, -0.15) is 0 Å². The van der Waals surface area contributed by atoms with E-state index < -0.39 is 17.7 Å². The van der Waals surface area contributed by atoms with Gasteiger partial charge in [-0.25, -0.2) is 8.78 Å². The maximum atomic E-state index is 13.5. The van der Waals surface area contributed by atoms with Crippen molar-refractivity contribution in [2.75, 3.05) is 0 Å². The zero-order chi connectivity index (χ0) is 14.7.